The van der Waals surface area contributed by atoms with Gasteiger partial charge in [0.25, 0.3) is 0 Å². The number of benzene rings is 1. The first-order valence-corrected chi connectivity index (χ1v) is 10.1. The first kappa shape index (κ1) is 24.8. The minimum absolute atomic E-state index is 0. The molecule has 1 aliphatic rings. The smallest absolute Gasteiger partial charge is 0.191 e. The molecule has 158 valence electrons. The second-order valence-corrected chi connectivity index (χ2v) is 7.85. The summed E-state index contributed by atoms with van der Waals surface area (Å²) < 4.78 is 0. The van der Waals surface area contributed by atoms with Gasteiger partial charge >= 0.3 is 0 Å². The lowest BCUT2D eigenvalue weighted by molar-refractivity contribution is 0.221. The molecule has 0 spiro atoms. The Bertz CT molecular complexity index is 648. The second kappa shape index (κ2) is 12.3. The Morgan fingerprint density at radius 1 is 1.29 bits per heavy atom. The van der Waals surface area contributed by atoms with E-state index in [1.54, 1.807) is 0 Å². The van der Waals surface area contributed by atoms with Gasteiger partial charge < -0.3 is 15.5 Å². The van der Waals surface area contributed by atoms with E-state index in [9.17, 15) is 0 Å². The monoisotopic (exact) mass is 499 g/mol. The number of hydrogen-bond acceptors (Lipinski definition) is 3. The summed E-state index contributed by atoms with van der Waals surface area (Å²) in [7, 11) is 4.14. The fourth-order valence-corrected chi connectivity index (χ4v) is 3.43. The molecule has 6 heteroatoms. The third kappa shape index (κ3) is 7.99. The van der Waals surface area contributed by atoms with Gasteiger partial charge in [0.05, 0.1) is 6.54 Å². The van der Waals surface area contributed by atoms with Crippen molar-refractivity contribution in [2.24, 2.45) is 4.99 Å². The first-order valence-electron chi connectivity index (χ1n) is 10.1. The Hall–Kier alpha value is -1.28. The van der Waals surface area contributed by atoms with Crippen LogP contribution in [0.2, 0.25) is 0 Å². The number of nitrogens with zero attached hydrogens (tertiary/aromatic N) is 3. The molecule has 1 aliphatic heterocycles. The van der Waals surface area contributed by atoms with Crippen LogP contribution in [-0.4, -0.2) is 57.2 Å². The molecule has 2 N–H and O–H groups in total. The van der Waals surface area contributed by atoms with Crippen LogP contribution in [-0.2, 0) is 6.54 Å². The van der Waals surface area contributed by atoms with E-state index in [0.29, 0.717) is 12.6 Å². The van der Waals surface area contributed by atoms with Crippen LogP contribution in [0.1, 0.15) is 37.8 Å². The molecule has 0 bridgehead atoms. The van der Waals surface area contributed by atoms with Gasteiger partial charge in [0.15, 0.2) is 5.96 Å². The highest BCUT2D eigenvalue weighted by atomic mass is 127. The lowest BCUT2D eigenvalue weighted by atomic mass is 10.0. The van der Waals surface area contributed by atoms with Crippen molar-refractivity contribution in [1.29, 1.82) is 0 Å². The second-order valence-electron chi connectivity index (χ2n) is 7.85. The van der Waals surface area contributed by atoms with Crippen LogP contribution in [0.3, 0.4) is 0 Å². The maximum absolute atomic E-state index is 4.83. The van der Waals surface area contributed by atoms with Gasteiger partial charge in [-0.1, -0.05) is 18.2 Å². The standard InChI is InChI=1S/C22H37N5.HI/c1-7-23-22(25-20-10-12-27(13-11-20)16-17(2)3)24-15-19-8-9-21(26(5)6)14-18(19)4;/h8-9,14,20H,2,7,10-13,15-16H2,1,3-6H3,(H2,23,24,25);1H. The molecule has 1 heterocycles. The molecule has 1 fully saturated rings. The van der Waals surface area contributed by atoms with Crippen LogP contribution in [0.25, 0.3) is 0 Å². The Kier molecular flexibility index (Phi) is 10.9. The highest BCUT2D eigenvalue weighted by Gasteiger charge is 2.19. The Morgan fingerprint density at radius 2 is 1.96 bits per heavy atom. The first-order chi connectivity index (χ1) is 12.9. The van der Waals surface area contributed by atoms with Crippen LogP contribution in [0, 0.1) is 6.92 Å². The topological polar surface area (TPSA) is 42.9 Å². The minimum Gasteiger partial charge on any atom is -0.378 e. The number of aryl methyl sites for hydroxylation is 1. The molecule has 0 aromatic heterocycles. The van der Waals surface area contributed by atoms with Gasteiger partial charge in [-0.25, -0.2) is 4.99 Å². The van der Waals surface area contributed by atoms with Gasteiger partial charge in [-0.2, -0.15) is 0 Å². The fraction of sp³-hybridized carbons (Fsp3) is 0.591. The molecule has 0 saturated carbocycles. The zero-order valence-electron chi connectivity index (χ0n) is 18.2. The summed E-state index contributed by atoms with van der Waals surface area (Å²) in [4.78, 5) is 9.45. The van der Waals surface area contributed by atoms with Crippen LogP contribution >= 0.6 is 24.0 Å². The number of piperidine rings is 1. The summed E-state index contributed by atoms with van der Waals surface area (Å²) in [6.45, 7) is 15.2. The predicted octanol–water partition coefficient (Wildman–Crippen LogP) is 3.77. The van der Waals surface area contributed by atoms with Crippen molar-refractivity contribution in [2.45, 2.75) is 46.2 Å². The van der Waals surface area contributed by atoms with Gasteiger partial charge in [-0.3, -0.25) is 4.90 Å². The Morgan fingerprint density at radius 3 is 2.50 bits per heavy atom. The predicted molar refractivity (Wildman–Crippen MR) is 133 cm³/mol. The number of anilines is 1. The van der Waals surface area contributed by atoms with Gasteiger partial charge in [0, 0.05) is 52.0 Å². The van der Waals surface area contributed by atoms with Crippen LogP contribution in [0.5, 0.6) is 0 Å². The molecule has 0 atom stereocenters. The normalized spacial score (nSPS) is 15.7. The number of nitrogens with one attached hydrogen (secondary N) is 2. The molecule has 0 radical (unpaired) electrons. The average Bonchev–Trinajstić information content (AvgIpc) is 2.61. The molecule has 0 aliphatic carbocycles. The zero-order chi connectivity index (χ0) is 19.8. The van der Waals surface area contributed by atoms with Crippen molar-refractivity contribution < 1.29 is 0 Å². The van der Waals surface area contributed by atoms with E-state index in [-0.39, 0.29) is 24.0 Å². The van der Waals surface area contributed by atoms with Gasteiger partial charge in [0.2, 0.25) is 0 Å². The van der Waals surface area contributed by atoms with Crippen molar-refractivity contribution >= 4 is 35.6 Å². The molecular weight excluding hydrogens is 461 g/mol. The summed E-state index contributed by atoms with van der Waals surface area (Å²) in [6, 6.07) is 7.06. The van der Waals surface area contributed by atoms with Gasteiger partial charge in [-0.05, 0) is 56.9 Å². The summed E-state index contributed by atoms with van der Waals surface area (Å²) in [5.41, 5.74) is 5.03. The zero-order valence-corrected chi connectivity index (χ0v) is 20.5. The maximum atomic E-state index is 4.83. The molecule has 1 aromatic carbocycles. The largest absolute Gasteiger partial charge is 0.378 e. The lowest BCUT2D eigenvalue weighted by Crippen LogP contribution is -2.48. The Balaban J connectivity index is 0.00000392. The van der Waals surface area contributed by atoms with Crippen LogP contribution < -0.4 is 15.5 Å². The van der Waals surface area contributed by atoms with Crippen molar-refractivity contribution in [3.05, 3.63) is 41.5 Å². The number of rotatable bonds is 7. The molecule has 1 aromatic rings. The molecular formula is C22H38IN5. The number of aliphatic imine (C=N–C) groups is 1. The van der Waals surface area contributed by atoms with E-state index in [4.69, 9.17) is 4.99 Å². The molecule has 0 unspecified atom stereocenters. The van der Waals surface area contributed by atoms with Crippen molar-refractivity contribution in [2.75, 3.05) is 45.2 Å². The molecule has 5 nitrogen and oxygen atoms in total. The lowest BCUT2D eigenvalue weighted by Gasteiger charge is -2.33. The molecule has 0 amide bonds. The molecule has 1 saturated heterocycles. The summed E-state index contributed by atoms with van der Waals surface area (Å²) >= 11 is 0. The highest BCUT2D eigenvalue weighted by Crippen LogP contribution is 2.18. The van der Waals surface area contributed by atoms with E-state index >= 15 is 0 Å². The van der Waals surface area contributed by atoms with Crippen LogP contribution in [0.4, 0.5) is 5.69 Å². The van der Waals surface area contributed by atoms with E-state index in [0.717, 1.165) is 45.0 Å². The van der Waals surface area contributed by atoms with Crippen molar-refractivity contribution in [3.8, 4) is 0 Å². The molecule has 28 heavy (non-hydrogen) atoms. The third-order valence-corrected chi connectivity index (χ3v) is 5.02. The van der Waals surface area contributed by atoms with Gasteiger partial charge in [-0.15, -0.1) is 24.0 Å². The number of guanidine groups is 1. The number of hydrogen-bond donors (Lipinski definition) is 2. The van der Waals surface area contributed by atoms with E-state index in [1.165, 1.54) is 22.4 Å². The maximum Gasteiger partial charge on any atom is 0.191 e. The quantitative estimate of drug-likeness (QED) is 0.260. The third-order valence-electron chi connectivity index (χ3n) is 5.02. The highest BCUT2D eigenvalue weighted by molar-refractivity contribution is 14.0. The fourth-order valence-electron chi connectivity index (χ4n) is 3.43. The molecule has 2 rings (SSSR count). The number of likely N-dealkylation sites (tertiary alicyclic amines) is 1. The summed E-state index contributed by atoms with van der Waals surface area (Å²) in [5, 5.41) is 7.03. The van der Waals surface area contributed by atoms with Crippen molar-refractivity contribution in [1.82, 2.24) is 15.5 Å². The Labute approximate surface area is 188 Å². The van der Waals surface area contributed by atoms with E-state index < -0.39 is 0 Å². The van der Waals surface area contributed by atoms with Crippen LogP contribution in [0.15, 0.2) is 35.3 Å². The summed E-state index contributed by atoms with van der Waals surface area (Å²) in [5.74, 6) is 0.923. The van der Waals surface area contributed by atoms with Gasteiger partial charge in [0.1, 0.15) is 0 Å². The minimum atomic E-state index is 0. The average molecular weight is 499 g/mol. The summed E-state index contributed by atoms with van der Waals surface area (Å²) in [6.07, 6.45) is 2.29. The SMILES string of the molecule is C=C(C)CN1CCC(NC(=NCc2ccc(N(C)C)cc2C)NCC)CC1.I. The number of halogens is 1. The van der Waals surface area contributed by atoms with E-state index in [2.05, 4.69) is 80.1 Å². The van der Waals surface area contributed by atoms with Crippen molar-refractivity contribution in [3.63, 3.8) is 0 Å². The van der Waals surface area contributed by atoms with E-state index in [1.807, 2.05) is 0 Å².